The van der Waals surface area contributed by atoms with Crippen LogP contribution in [0.25, 0.3) is 0 Å². The predicted molar refractivity (Wildman–Crippen MR) is 51.1 cm³/mol. The van der Waals surface area contributed by atoms with Crippen molar-refractivity contribution in [2.45, 2.75) is 18.9 Å². The summed E-state index contributed by atoms with van der Waals surface area (Å²) in [5.74, 6) is 0. The minimum Gasteiger partial charge on any atom is -0.330 e. The van der Waals surface area contributed by atoms with E-state index in [1.165, 1.54) is 25.9 Å². The van der Waals surface area contributed by atoms with Crippen LogP contribution in [-0.4, -0.2) is 37.0 Å². The molecule has 0 radical (unpaired) electrons. The van der Waals surface area contributed by atoms with Gasteiger partial charge in [-0.15, -0.1) is 0 Å². The normalized spacial score (nSPS) is 18.8. The molecule has 1 rings (SSSR count). The van der Waals surface area contributed by atoms with E-state index in [4.69, 9.17) is 4.55 Å². The Kier molecular flexibility index (Phi) is 8.50. The summed E-state index contributed by atoms with van der Waals surface area (Å²) in [5.41, 5.74) is 0. The van der Waals surface area contributed by atoms with Crippen LogP contribution in [0.5, 0.6) is 0 Å². The summed E-state index contributed by atoms with van der Waals surface area (Å²) in [6.07, 6.45) is 4.17. The van der Waals surface area contributed by atoms with Crippen molar-refractivity contribution < 1.29 is 4.55 Å². The lowest BCUT2D eigenvalue weighted by molar-refractivity contribution is 0.409. The molecule has 0 bridgehead atoms. The third kappa shape index (κ3) is 6.62. The molecule has 1 saturated heterocycles. The van der Waals surface area contributed by atoms with E-state index in [2.05, 4.69) is 10.6 Å². The zero-order chi connectivity index (χ0) is 8.53. The molecule has 0 aromatic carbocycles. The minimum atomic E-state index is 0.750. The summed E-state index contributed by atoms with van der Waals surface area (Å²) in [6, 6.07) is 0.774. The van der Waals surface area contributed by atoms with E-state index in [1.54, 1.807) is 6.26 Å². The second-order valence-corrected chi connectivity index (χ2v) is 2.86. The van der Waals surface area contributed by atoms with E-state index in [9.17, 15) is 0 Å². The Balaban J connectivity index is 0.000000292. The molecular weight excluding hydrogens is 160 g/mol. The van der Waals surface area contributed by atoms with Gasteiger partial charge in [0.25, 0.3) is 0 Å². The molecule has 0 aromatic rings. The second-order valence-electron chi connectivity index (χ2n) is 2.50. The first kappa shape index (κ1) is 11.2. The molecule has 1 heterocycles. The molecule has 1 aliphatic rings. The third-order valence-electron chi connectivity index (χ3n) is 1.75. The molecule has 0 saturated carbocycles. The van der Waals surface area contributed by atoms with Crippen LogP contribution < -0.4 is 10.6 Å². The maximum Gasteiger partial charge on any atom is 0.00882 e. The Labute approximate surface area is 73.2 Å². The monoisotopic (exact) mass is 178 g/mol. The first-order valence-electron chi connectivity index (χ1n) is 3.90. The Morgan fingerprint density at radius 2 is 1.91 bits per heavy atom. The van der Waals surface area contributed by atoms with Gasteiger partial charge in [0.2, 0.25) is 0 Å². The average molecular weight is 178 g/mol. The van der Waals surface area contributed by atoms with Crippen molar-refractivity contribution in [2.75, 3.05) is 26.4 Å². The number of hydrogen-bond donors (Lipinski definition) is 3. The van der Waals surface area contributed by atoms with Gasteiger partial charge in [-0.25, -0.2) is 0 Å². The molecule has 1 fully saturated rings. The second kappa shape index (κ2) is 8.33. The fourth-order valence-corrected chi connectivity index (χ4v) is 1.11. The summed E-state index contributed by atoms with van der Waals surface area (Å²) >= 11 is 0.750. The largest absolute Gasteiger partial charge is 0.330 e. The van der Waals surface area contributed by atoms with Gasteiger partial charge in [-0.05, 0) is 45.0 Å². The lowest BCUT2D eigenvalue weighted by atomic mass is 10.1. The van der Waals surface area contributed by atoms with E-state index >= 15 is 0 Å². The van der Waals surface area contributed by atoms with Gasteiger partial charge in [0.05, 0.1) is 0 Å². The van der Waals surface area contributed by atoms with Gasteiger partial charge in [-0.1, -0.05) is 0 Å². The average Bonchev–Trinajstić information content (AvgIpc) is 2.08. The van der Waals surface area contributed by atoms with Crippen LogP contribution in [0.4, 0.5) is 0 Å². The molecule has 0 unspecified atom stereocenters. The predicted octanol–water partition coefficient (Wildman–Crippen LogP) is 0.780. The van der Waals surface area contributed by atoms with Gasteiger partial charge < -0.3 is 15.2 Å². The van der Waals surface area contributed by atoms with Crippen molar-refractivity contribution in [3.05, 3.63) is 0 Å². The minimum absolute atomic E-state index is 0.750. The molecule has 3 N–H and O–H groups in total. The standard InChI is InChI=1S/C6H14N2.CH4OS/c1-7-6-2-4-8-5-3-6;1-3-2/h6-8H,2-5H2,1H3;2H,1H3. The lowest BCUT2D eigenvalue weighted by Crippen LogP contribution is -2.37. The van der Waals surface area contributed by atoms with Gasteiger partial charge >= 0.3 is 0 Å². The first-order valence-corrected chi connectivity index (χ1v) is 5.08. The summed E-state index contributed by atoms with van der Waals surface area (Å²) in [7, 11) is 2.04. The van der Waals surface area contributed by atoms with Gasteiger partial charge in [-0.3, -0.25) is 0 Å². The topological polar surface area (TPSA) is 44.3 Å². The van der Waals surface area contributed by atoms with Crippen LogP contribution in [0.1, 0.15) is 12.8 Å². The Hall–Kier alpha value is 0.230. The highest BCUT2D eigenvalue weighted by Crippen LogP contribution is 1.99. The maximum atomic E-state index is 7.49. The molecule has 0 amide bonds. The molecule has 3 nitrogen and oxygen atoms in total. The van der Waals surface area contributed by atoms with E-state index in [0.717, 1.165) is 18.1 Å². The summed E-state index contributed by atoms with van der Waals surface area (Å²) in [5, 5.41) is 6.57. The number of rotatable bonds is 1. The zero-order valence-corrected chi connectivity index (χ0v) is 8.08. The van der Waals surface area contributed by atoms with Gasteiger partial charge in [-0.2, -0.15) is 0 Å². The number of piperidine rings is 1. The summed E-state index contributed by atoms with van der Waals surface area (Å²) in [6.45, 7) is 2.37. The Morgan fingerprint density at radius 1 is 1.45 bits per heavy atom. The van der Waals surface area contributed by atoms with E-state index in [1.807, 2.05) is 7.05 Å². The van der Waals surface area contributed by atoms with Crippen molar-refractivity contribution in [3.63, 3.8) is 0 Å². The molecule has 0 aromatic heterocycles. The Bertz CT molecular complexity index is 76.8. The fourth-order valence-electron chi connectivity index (χ4n) is 1.11. The van der Waals surface area contributed by atoms with Gasteiger partial charge in [0.15, 0.2) is 0 Å². The van der Waals surface area contributed by atoms with Crippen molar-refractivity contribution in [2.24, 2.45) is 0 Å². The third-order valence-corrected chi connectivity index (χ3v) is 1.75. The highest BCUT2D eigenvalue weighted by Gasteiger charge is 2.08. The van der Waals surface area contributed by atoms with Crippen molar-refractivity contribution in [1.29, 1.82) is 0 Å². The molecule has 68 valence electrons. The highest BCUT2D eigenvalue weighted by molar-refractivity contribution is 7.93. The molecule has 0 atom stereocenters. The van der Waals surface area contributed by atoms with Crippen molar-refractivity contribution in [3.8, 4) is 0 Å². The lowest BCUT2D eigenvalue weighted by Gasteiger charge is -2.21. The summed E-state index contributed by atoms with van der Waals surface area (Å²) < 4.78 is 7.49. The van der Waals surface area contributed by atoms with Crippen LogP contribution >= 0.6 is 12.0 Å². The molecule has 4 heteroatoms. The number of nitrogens with one attached hydrogen (secondary N) is 2. The smallest absolute Gasteiger partial charge is 0.00882 e. The Morgan fingerprint density at radius 3 is 2.18 bits per heavy atom. The maximum absolute atomic E-state index is 7.49. The van der Waals surface area contributed by atoms with E-state index in [0.29, 0.717) is 0 Å². The van der Waals surface area contributed by atoms with E-state index < -0.39 is 0 Å². The SMILES string of the molecule is CNC1CCNCC1.CSO. The van der Waals surface area contributed by atoms with Crippen LogP contribution in [0, 0.1) is 0 Å². The zero-order valence-electron chi connectivity index (χ0n) is 7.26. The highest BCUT2D eigenvalue weighted by atomic mass is 32.2. The summed E-state index contributed by atoms with van der Waals surface area (Å²) in [4.78, 5) is 0. The van der Waals surface area contributed by atoms with Crippen LogP contribution in [0.3, 0.4) is 0 Å². The van der Waals surface area contributed by atoms with Crippen LogP contribution in [0.15, 0.2) is 0 Å². The molecule has 1 aliphatic heterocycles. The first-order chi connectivity index (χ1) is 5.35. The number of hydrogen-bond acceptors (Lipinski definition) is 4. The van der Waals surface area contributed by atoms with E-state index in [-0.39, 0.29) is 0 Å². The van der Waals surface area contributed by atoms with Crippen LogP contribution in [0.2, 0.25) is 0 Å². The molecular formula is C7H18N2OS. The van der Waals surface area contributed by atoms with Gasteiger partial charge in [0.1, 0.15) is 0 Å². The van der Waals surface area contributed by atoms with Gasteiger partial charge in [0, 0.05) is 12.3 Å². The van der Waals surface area contributed by atoms with Crippen molar-refractivity contribution >= 4 is 12.0 Å². The molecule has 0 spiro atoms. The molecule has 11 heavy (non-hydrogen) atoms. The van der Waals surface area contributed by atoms with Crippen molar-refractivity contribution in [1.82, 2.24) is 10.6 Å². The quantitative estimate of drug-likeness (QED) is 0.519. The van der Waals surface area contributed by atoms with Crippen LogP contribution in [-0.2, 0) is 0 Å². The molecule has 0 aliphatic carbocycles. The fraction of sp³-hybridized carbons (Fsp3) is 1.00.